The first-order chi connectivity index (χ1) is 9.78. The Balaban J connectivity index is 2.01. The highest BCUT2D eigenvalue weighted by Crippen LogP contribution is 2.26. The summed E-state index contributed by atoms with van der Waals surface area (Å²) >= 11 is 0. The minimum Gasteiger partial charge on any atom is -0.325 e. The van der Waals surface area contributed by atoms with Crippen molar-refractivity contribution in [1.82, 2.24) is 9.55 Å². The van der Waals surface area contributed by atoms with Gasteiger partial charge in [-0.3, -0.25) is 0 Å². The molecule has 1 N–H and O–H groups in total. The van der Waals surface area contributed by atoms with Crippen LogP contribution in [0, 0.1) is 6.92 Å². The SMILES string of the molecule is CCCn1cc(C)nc1Nc1cccc2ccccc12. The van der Waals surface area contributed by atoms with E-state index < -0.39 is 0 Å². The molecule has 0 saturated heterocycles. The third-order valence-electron chi connectivity index (χ3n) is 3.40. The zero-order valence-electron chi connectivity index (χ0n) is 11.9. The number of imidazole rings is 1. The molecule has 3 nitrogen and oxygen atoms in total. The fraction of sp³-hybridized carbons (Fsp3) is 0.235. The summed E-state index contributed by atoms with van der Waals surface area (Å²) in [5.74, 6) is 0.917. The molecule has 1 aromatic heterocycles. The Morgan fingerprint density at radius 2 is 1.90 bits per heavy atom. The largest absolute Gasteiger partial charge is 0.325 e. The summed E-state index contributed by atoms with van der Waals surface area (Å²) in [5.41, 5.74) is 2.15. The van der Waals surface area contributed by atoms with E-state index in [1.165, 1.54) is 10.8 Å². The van der Waals surface area contributed by atoms with E-state index >= 15 is 0 Å². The van der Waals surface area contributed by atoms with E-state index in [-0.39, 0.29) is 0 Å². The molecular formula is C17H19N3. The van der Waals surface area contributed by atoms with Gasteiger partial charge in [-0.25, -0.2) is 4.98 Å². The van der Waals surface area contributed by atoms with E-state index in [2.05, 4.69) is 70.5 Å². The van der Waals surface area contributed by atoms with Gasteiger partial charge in [0.1, 0.15) is 0 Å². The Labute approximate surface area is 119 Å². The highest BCUT2D eigenvalue weighted by atomic mass is 15.2. The van der Waals surface area contributed by atoms with Gasteiger partial charge in [-0.15, -0.1) is 0 Å². The number of aromatic nitrogens is 2. The molecule has 0 aliphatic carbocycles. The van der Waals surface area contributed by atoms with Crippen molar-refractivity contribution in [3.63, 3.8) is 0 Å². The van der Waals surface area contributed by atoms with Gasteiger partial charge >= 0.3 is 0 Å². The fourth-order valence-electron chi connectivity index (χ4n) is 2.51. The van der Waals surface area contributed by atoms with Crippen LogP contribution in [-0.2, 0) is 6.54 Å². The summed E-state index contributed by atoms with van der Waals surface area (Å²) in [5, 5.41) is 5.93. The topological polar surface area (TPSA) is 29.9 Å². The van der Waals surface area contributed by atoms with Crippen LogP contribution in [0.2, 0.25) is 0 Å². The minimum absolute atomic E-state index is 0.917. The lowest BCUT2D eigenvalue weighted by molar-refractivity contribution is 0.686. The summed E-state index contributed by atoms with van der Waals surface area (Å²) in [4.78, 5) is 4.58. The van der Waals surface area contributed by atoms with Crippen LogP contribution in [0.5, 0.6) is 0 Å². The zero-order valence-corrected chi connectivity index (χ0v) is 11.9. The lowest BCUT2D eigenvalue weighted by Crippen LogP contribution is -2.03. The van der Waals surface area contributed by atoms with Crippen molar-refractivity contribution in [2.24, 2.45) is 0 Å². The first-order valence-corrected chi connectivity index (χ1v) is 7.06. The van der Waals surface area contributed by atoms with Gasteiger partial charge < -0.3 is 9.88 Å². The first-order valence-electron chi connectivity index (χ1n) is 7.06. The second-order valence-electron chi connectivity index (χ2n) is 5.05. The fourth-order valence-corrected chi connectivity index (χ4v) is 2.51. The molecule has 3 rings (SSSR count). The van der Waals surface area contributed by atoms with Crippen molar-refractivity contribution in [1.29, 1.82) is 0 Å². The maximum atomic E-state index is 4.58. The van der Waals surface area contributed by atoms with E-state index in [4.69, 9.17) is 0 Å². The quantitative estimate of drug-likeness (QED) is 0.752. The van der Waals surface area contributed by atoms with Crippen LogP contribution >= 0.6 is 0 Å². The Morgan fingerprint density at radius 1 is 1.10 bits per heavy atom. The van der Waals surface area contributed by atoms with E-state index in [9.17, 15) is 0 Å². The molecular weight excluding hydrogens is 246 g/mol. The molecule has 3 aromatic rings. The van der Waals surface area contributed by atoms with E-state index in [1.807, 2.05) is 6.92 Å². The van der Waals surface area contributed by atoms with Crippen LogP contribution in [0.25, 0.3) is 10.8 Å². The summed E-state index contributed by atoms with van der Waals surface area (Å²) in [7, 11) is 0. The highest BCUT2D eigenvalue weighted by molar-refractivity contribution is 5.94. The van der Waals surface area contributed by atoms with E-state index in [1.54, 1.807) is 0 Å². The lowest BCUT2D eigenvalue weighted by Gasteiger charge is -2.11. The average molecular weight is 265 g/mol. The van der Waals surface area contributed by atoms with Crippen LogP contribution in [0.3, 0.4) is 0 Å². The third kappa shape index (κ3) is 2.39. The smallest absolute Gasteiger partial charge is 0.207 e. The van der Waals surface area contributed by atoms with E-state index in [0.717, 1.165) is 30.3 Å². The van der Waals surface area contributed by atoms with Crippen molar-refractivity contribution in [2.75, 3.05) is 5.32 Å². The maximum absolute atomic E-state index is 4.58. The molecule has 0 radical (unpaired) electrons. The molecule has 0 fully saturated rings. The number of aryl methyl sites for hydroxylation is 2. The van der Waals surface area contributed by atoms with E-state index in [0.29, 0.717) is 0 Å². The first kappa shape index (κ1) is 12.7. The van der Waals surface area contributed by atoms with Gasteiger partial charge in [0.15, 0.2) is 0 Å². The standard InChI is InChI=1S/C17H19N3/c1-3-11-20-12-13(2)18-17(20)19-16-10-6-8-14-7-4-5-9-15(14)16/h4-10,12H,3,11H2,1-2H3,(H,18,19). The molecule has 0 unspecified atom stereocenters. The van der Waals surface area contributed by atoms with Crippen LogP contribution in [0.4, 0.5) is 11.6 Å². The predicted molar refractivity (Wildman–Crippen MR) is 84.5 cm³/mol. The Bertz CT molecular complexity index is 723. The van der Waals surface area contributed by atoms with Crippen LogP contribution in [-0.4, -0.2) is 9.55 Å². The van der Waals surface area contributed by atoms with Crippen LogP contribution in [0.1, 0.15) is 19.0 Å². The van der Waals surface area contributed by atoms with Gasteiger partial charge in [0.05, 0.1) is 5.69 Å². The molecule has 102 valence electrons. The van der Waals surface area contributed by atoms with Gasteiger partial charge in [-0.1, -0.05) is 43.3 Å². The van der Waals surface area contributed by atoms with Gasteiger partial charge in [0.2, 0.25) is 5.95 Å². The molecule has 0 amide bonds. The molecule has 20 heavy (non-hydrogen) atoms. The van der Waals surface area contributed by atoms with Gasteiger partial charge in [-0.05, 0) is 24.8 Å². The third-order valence-corrected chi connectivity index (χ3v) is 3.40. The number of nitrogens with one attached hydrogen (secondary N) is 1. The summed E-state index contributed by atoms with van der Waals surface area (Å²) < 4.78 is 2.18. The molecule has 0 aliphatic heterocycles. The lowest BCUT2D eigenvalue weighted by atomic mass is 10.1. The number of anilines is 2. The zero-order chi connectivity index (χ0) is 13.9. The summed E-state index contributed by atoms with van der Waals surface area (Å²) in [6.45, 7) is 5.19. The Hall–Kier alpha value is -2.29. The molecule has 0 spiro atoms. The predicted octanol–water partition coefficient (Wildman–Crippen LogP) is 4.50. The van der Waals surface area contributed by atoms with Crippen LogP contribution < -0.4 is 5.32 Å². The van der Waals surface area contributed by atoms with Gasteiger partial charge in [0.25, 0.3) is 0 Å². The highest BCUT2D eigenvalue weighted by Gasteiger charge is 2.07. The number of rotatable bonds is 4. The van der Waals surface area contributed by atoms with Crippen LogP contribution in [0.15, 0.2) is 48.7 Å². The molecule has 2 aromatic carbocycles. The van der Waals surface area contributed by atoms with Crippen molar-refractivity contribution in [2.45, 2.75) is 26.8 Å². The van der Waals surface area contributed by atoms with Crippen molar-refractivity contribution in [3.8, 4) is 0 Å². The normalized spacial score (nSPS) is 10.9. The Morgan fingerprint density at radius 3 is 2.75 bits per heavy atom. The van der Waals surface area contributed by atoms with Crippen molar-refractivity contribution < 1.29 is 0 Å². The number of hydrogen-bond donors (Lipinski definition) is 1. The maximum Gasteiger partial charge on any atom is 0.207 e. The number of fused-ring (bicyclic) bond motifs is 1. The second kappa shape index (κ2) is 5.37. The van der Waals surface area contributed by atoms with Crippen molar-refractivity contribution >= 4 is 22.4 Å². The number of hydrogen-bond acceptors (Lipinski definition) is 2. The Kier molecular flexibility index (Phi) is 3.42. The van der Waals surface area contributed by atoms with Crippen molar-refractivity contribution in [3.05, 3.63) is 54.4 Å². The number of nitrogens with zero attached hydrogens (tertiary/aromatic N) is 2. The summed E-state index contributed by atoms with van der Waals surface area (Å²) in [6, 6.07) is 14.7. The average Bonchev–Trinajstić information content (AvgIpc) is 2.80. The molecule has 0 aliphatic rings. The monoisotopic (exact) mass is 265 g/mol. The molecule has 1 heterocycles. The van der Waals surface area contributed by atoms with Gasteiger partial charge in [0, 0.05) is 23.8 Å². The molecule has 0 atom stereocenters. The van der Waals surface area contributed by atoms with Gasteiger partial charge in [-0.2, -0.15) is 0 Å². The second-order valence-corrected chi connectivity index (χ2v) is 5.05. The summed E-state index contributed by atoms with van der Waals surface area (Å²) in [6.07, 6.45) is 3.19. The molecule has 0 saturated carbocycles. The molecule has 0 bridgehead atoms. The number of benzene rings is 2. The molecule has 3 heteroatoms. The minimum atomic E-state index is 0.917.